The molecule has 1 fully saturated rings. The molecular weight excluding hydrogens is 190 g/mol. The predicted octanol–water partition coefficient (Wildman–Crippen LogP) is 1.57. The zero-order valence-corrected chi connectivity index (χ0v) is 9.02. The van der Waals surface area contributed by atoms with Gasteiger partial charge in [-0.25, -0.2) is 0 Å². The van der Waals surface area contributed by atoms with E-state index in [1.165, 1.54) is 10.6 Å². The van der Waals surface area contributed by atoms with Gasteiger partial charge >= 0.3 is 0 Å². The summed E-state index contributed by atoms with van der Waals surface area (Å²) >= 11 is 0. The van der Waals surface area contributed by atoms with Gasteiger partial charge in [0, 0.05) is 13.1 Å². The Labute approximate surface area is 90.2 Å². The maximum atomic E-state index is 9.81. The Balaban J connectivity index is 0.000000151. The second-order valence-electron chi connectivity index (χ2n) is 3.44. The van der Waals surface area contributed by atoms with Crippen LogP contribution < -0.4 is 5.32 Å². The van der Waals surface area contributed by atoms with Crippen LogP contribution in [-0.4, -0.2) is 31.2 Å². The number of nitroso groups, excluding NO2 is 1. The highest BCUT2D eigenvalue weighted by Crippen LogP contribution is 1.92. The molecular formula is C11H17N3O. The Morgan fingerprint density at radius 1 is 1.20 bits per heavy atom. The van der Waals surface area contributed by atoms with Crippen molar-refractivity contribution in [1.82, 2.24) is 10.3 Å². The van der Waals surface area contributed by atoms with Gasteiger partial charge in [-0.15, -0.1) is 4.91 Å². The summed E-state index contributed by atoms with van der Waals surface area (Å²) in [7, 11) is 0. The third-order valence-electron chi connectivity index (χ3n) is 2.15. The van der Waals surface area contributed by atoms with Gasteiger partial charge in [0.05, 0.1) is 18.4 Å². The van der Waals surface area contributed by atoms with Gasteiger partial charge in [-0.3, -0.25) is 5.01 Å². The highest BCUT2D eigenvalue weighted by Gasteiger charge is 2.05. The van der Waals surface area contributed by atoms with Crippen molar-refractivity contribution in [3.05, 3.63) is 40.8 Å². The van der Waals surface area contributed by atoms with Crippen LogP contribution in [-0.2, 0) is 0 Å². The second kappa shape index (κ2) is 6.95. The molecule has 0 radical (unpaired) electrons. The number of aryl methyl sites for hydroxylation is 1. The number of hydrogen-bond acceptors (Lipinski definition) is 3. The van der Waals surface area contributed by atoms with Crippen molar-refractivity contribution in [3.8, 4) is 0 Å². The molecule has 1 saturated heterocycles. The highest BCUT2D eigenvalue weighted by molar-refractivity contribution is 5.11. The van der Waals surface area contributed by atoms with E-state index in [1.54, 1.807) is 0 Å². The van der Waals surface area contributed by atoms with E-state index in [4.69, 9.17) is 0 Å². The van der Waals surface area contributed by atoms with Crippen LogP contribution in [0.15, 0.2) is 35.6 Å². The van der Waals surface area contributed by atoms with Gasteiger partial charge in [-0.2, -0.15) is 0 Å². The first-order chi connectivity index (χ1) is 7.33. The van der Waals surface area contributed by atoms with Crippen LogP contribution >= 0.6 is 0 Å². The molecule has 1 aliphatic rings. The van der Waals surface area contributed by atoms with Crippen LogP contribution in [0.2, 0.25) is 0 Å². The SMILES string of the molecule is Cc1ccccc1.O=NN1CCNCC1. The normalized spacial score (nSPS) is 15.1. The Kier molecular flexibility index (Phi) is 5.40. The molecule has 0 aromatic heterocycles. The topological polar surface area (TPSA) is 44.7 Å². The van der Waals surface area contributed by atoms with Gasteiger partial charge in [0.25, 0.3) is 0 Å². The van der Waals surface area contributed by atoms with Crippen molar-refractivity contribution >= 4 is 0 Å². The summed E-state index contributed by atoms with van der Waals surface area (Å²) in [5.41, 5.74) is 1.32. The molecule has 4 heteroatoms. The fourth-order valence-electron chi connectivity index (χ4n) is 1.27. The fourth-order valence-corrected chi connectivity index (χ4v) is 1.27. The van der Waals surface area contributed by atoms with Gasteiger partial charge in [-0.05, 0) is 6.92 Å². The Morgan fingerprint density at radius 2 is 1.80 bits per heavy atom. The van der Waals surface area contributed by atoms with E-state index in [9.17, 15) is 4.91 Å². The van der Waals surface area contributed by atoms with Crippen LogP contribution in [0.5, 0.6) is 0 Å². The van der Waals surface area contributed by atoms with Crippen molar-refractivity contribution < 1.29 is 0 Å². The monoisotopic (exact) mass is 207 g/mol. The molecule has 0 aliphatic carbocycles. The van der Waals surface area contributed by atoms with Crippen LogP contribution in [0.1, 0.15) is 5.56 Å². The lowest BCUT2D eigenvalue weighted by Crippen LogP contribution is -2.40. The molecule has 1 N–H and O–H groups in total. The van der Waals surface area contributed by atoms with E-state index in [0.717, 1.165) is 26.2 Å². The molecule has 0 atom stereocenters. The largest absolute Gasteiger partial charge is 0.313 e. The molecule has 0 amide bonds. The first kappa shape index (κ1) is 11.7. The lowest BCUT2D eigenvalue weighted by atomic mass is 10.2. The summed E-state index contributed by atoms with van der Waals surface area (Å²) in [4.78, 5) is 9.81. The summed E-state index contributed by atoms with van der Waals surface area (Å²) in [5, 5.41) is 7.42. The Bertz CT molecular complexity index is 270. The smallest absolute Gasteiger partial charge is 0.0524 e. The fraction of sp³-hybridized carbons (Fsp3) is 0.455. The van der Waals surface area contributed by atoms with E-state index in [0.29, 0.717) is 0 Å². The quantitative estimate of drug-likeness (QED) is 0.711. The number of nitrogens with one attached hydrogen (secondary N) is 1. The van der Waals surface area contributed by atoms with Gasteiger partial charge in [-0.1, -0.05) is 35.9 Å². The molecule has 0 unspecified atom stereocenters. The van der Waals surface area contributed by atoms with E-state index in [-0.39, 0.29) is 0 Å². The number of hydrogen-bond donors (Lipinski definition) is 1. The minimum atomic E-state index is 0.753. The molecule has 15 heavy (non-hydrogen) atoms. The van der Waals surface area contributed by atoms with Crippen molar-refractivity contribution in [3.63, 3.8) is 0 Å². The van der Waals surface area contributed by atoms with Gasteiger partial charge in [0.15, 0.2) is 0 Å². The minimum Gasteiger partial charge on any atom is -0.313 e. The van der Waals surface area contributed by atoms with Gasteiger partial charge < -0.3 is 5.32 Å². The van der Waals surface area contributed by atoms with E-state index in [1.807, 2.05) is 18.2 Å². The Hall–Kier alpha value is -1.42. The summed E-state index contributed by atoms with van der Waals surface area (Å²) in [6, 6.07) is 10.3. The first-order valence-electron chi connectivity index (χ1n) is 5.13. The first-order valence-corrected chi connectivity index (χ1v) is 5.13. The summed E-state index contributed by atoms with van der Waals surface area (Å²) < 4.78 is 0. The molecule has 1 aromatic carbocycles. The van der Waals surface area contributed by atoms with Crippen molar-refractivity contribution in [1.29, 1.82) is 0 Å². The zero-order chi connectivity index (χ0) is 10.9. The number of nitrogens with zero attached hydrogens (tertiary/aromatic N) is 2. The number of benzene rings is 1. The number of rotatable bonds is 1. The van der Waals surface area contributed by atoms with Crippen molar-refractivity contribution in [2.75, 3.05) is 26.2 Å². The van der Waals surface area contributed by atoms with Crippen molar-refractivity contribution in [2.45, 2.75) is 6.92 Å². The molecule has 0 spiro atoms. The third kappa shape index (κ3) is 5.12. The third-order valence-corrected chi connectivity index (χ3v) is 2.15. The van der Waals surface area contributed by atoms with Gasteiger partial charge in [0.2, 0.25) is 0 Å². The lowest BCUT2D eigenvalue weighted by molar-refractivity contribution is 0.248. The molecule has 1 aliphatic heterocycles. The summed E-state index contributed by atoms with van der Waals surface area (Å²) in [6.45, 7) is 5.35. The average molecular weight is 207 g/mol. The van der Waals surface area contributed by atoms with Crippen LogP contribution in [0.3, 0.4) is 0 Å². The van der Waals surface area contributed by atoms with Crippen LogP contribution in [0.25, 0.3) is 0 Å². The molecule has 4 nitrogen and oxygen atoms in total. The van der Waals surface area contributed by atoms with Gasteiger partial charge in [0.1, 0.15) is 0 Å². The van der Waals surface area contributed by atoms with E-state index in [2.05, 4.69) is 29.7 Å². The molecule has 1 heterocycles. The zero-order valence-electron chi connectivity index (χ0n) is 9.02. The minimum absolute atomic E-state index is 0.753. The Morgan fingerprint density at radius 3 is 2.13 bits per heavy atom. The molecule has 0 saturated carbocycles. The van der Waals surface area contributed by atoms with E-state index >= 15 is 0 Å². The van der Waals surface area contributed by atoms with E-state index < -0.39 is 0 Å². The molecule has 82 valence electrons. The number of piperazine rings is 1. The molecule has 2 rings (SSSR count). The van der Waals surface area contributed by atoms with Crippen LogP contribution in [0.4, 0.5) is 0 Å². The summed E-state index contributed by atoms with van der Waals surface area (Å²) in [6.07, 6.45) is 0. The maximum Gasteiger partial charge on any atom is 0.0524 e. The van der Waals surface area contributed by atoms with Crippen LogP contribution in [0, 0.1) is 11.8 Å². The van der Waals surface area contributed by atoms with Crippen molar-refractivity contribution in [2.24, 2.45) is 5.29 Å². The lowest BCUT2D eigenvalue weighted by Gasteiger charge is -2.20. The average Bonchev–Trinajstić information content (AvgIpc) is 2.32. The molecule has 0 bridgehead atoms. The highest BCUT2D eigenvalue weighted by atomic mass is 16.3. The standard InChI is InChI=1S/C7H8.C4H9N3O/c1-7-5-3-2-4-6-7;8-6-7-3-1-5-2-4-7/h2-6H,1H3;5H,1-4H2. The summed E-state index contributed by atoms with van der Waals surface area (Å²) in [5.74, 6) is 0. The molecule has 1 aromatic rings. The second-order valence-corrected chi connectivity index (χ2v) is 3.44. The predicted molar refractivity (Wildman–Crippen MR) is 61.4 cm³/mol. The maximum absolute atomic E-state index is 9.81.